The van der Waals surface area contributed by atoms with Crippen molar-refractivity contribution >= 4 is 33.4 Å². The minimum atomic E-state index is -0.502. The molecule has 0 radical (unpaired) electrons. The zero-order valence-electron chi connectivity index (χ0n) is 16.1. The summed E-state index contributed by atoms with van der Waals surface area (Å²) in [6.07, 6.45) is 4.30. The normalized spacial score (nSPS) is 14.1. The highest BCUT2D eigenvalue weighted by Gasteiger charge is 2.17. The average molecular weight is 412 g/mol. The first-order valence-electron chi connectivity index (χ1n) is 9.71. The highest BCUT2D eigenvalue weighted by molar-refractivity contribution is 7.16. The molecule has 1 aliphatic carbocycles. The van der Waals surface area contributed by atoms with Crippen LogP contribution in [-0.2, 0) is 28.9 Å². The lowest BCUT2D eigenvalue weighted by molar-refractivity contribution is -0.143. The quantitative estimate of drug-likeness (QED) is 0.608. The number of ether oxygens (including phenoxy) is 1. The van der Waals surface area contributed by atoms with Crippen LogP contribution in [0.5, 0.6) is 0 Å². The fourth-order valence-corrected chi connectivity index (χ4v) is 4.71. The molecular weight excluding hydrogens is 391 g/mol. The molecule has 1 heterocycles. The number of rotatable bonds is 4. The summed E-state index contributed by atoms with van der Waals surface area (Å²) in [4.78, 5) is 29.4. The molecule has 1 amide bonds. The van der Waals surface area contributed by atoms with Crippen molar-refractivity contribution in [2.45, 2.75) is 39.2 Å². The van der Waals surface area contributed by atoms with Gasteiger partial charge in [-0.2, -0.15) is 4.99 Å². The maximum absolute atomic E-state index is 14.5. The molecule has 2 aromatic carbocycles. The van der Waals surface area contributed by atoms with E-state index >= 15 is 0 Å². The van der Waals surface area contributed by atoms with Crippen LogP contribution >= 0.6 is 11.3 Å². The summed E-state index contributed by atoms with van der Waals surface area (Å²) in [6.45, 7) is 1.73. The van der Waals surface area contributed by atoms with Crippen molar-refractivity contribution < 1.29 is 18.7 Å². The molecule has 5 nitrogen and oxygen atoms in total. The average Bonchev–Trinajstić information content (AvgIpc) is 3.06. The van der Waals surface area contributed by atoms with Crippen LogP contribution < -0.4 is 4.80 Å². The van der Waals surface area contributed by atoms with Crippen LogP contribution in [0.1, 0.15) is 41.3 Å². The Kier molecular flexibility index (Phi) is 5.58. The number of halogens is 1. The topological polar surface area (TPSA) is 60.7 Å². The van der Waals surface area contributed by atoms with Crippen LogP contribution in [0.25, 0.3) is 10.2 Å². The van der Waals surface area contributed by atoms with E-state index in [0.717, 1.165) is 19.3 Å². The molecule has 4 rings (SSSR count). The number of amides is 1. The van der Waals surface area contributed by atoms with E-state index in [1.54, 1.807) is 25.1 Å². The number of aromatic nitrogens is 1. The lowest BCUT2D eigenvalue weighted by atomic mass is 9.90. The first kappa shape index (κ1) is 19.5. The molecule has 7 heteroatoms. The number of para-hydroxylation sites is 1. The molecule has 3 aromatic rings. The van der Waals surface area contributed by atoms with Gasteiger partial charge < -0.3 is 9.30 Å². The molecule has 29 heavy (non-hydrogen) atoms. The number of fused-ring (bicyclic) bond motifs is 2. The van der Waals surface area contributed by atoms with Gasteiger partial charge >= 0.3 is 5.97 Å². The molecule has 0 saturated heterocycles. The number of benzene rings is 2. The van der Waals surface area contributed by atoms with Crippen molar-refractivity contribution in [1.29, 1.82) is 0 Å². The molecule has 0 spiro atoms. The van der Waals surface area contributed by atoms with Crippen molar-refractivity contribution in [2.75, 3.05) is 6.61 Å². The van der Waals surface area contributed by atoms with Gasteiger partial charge in [-0.3, -0.25) is 9.59 Å². The molecule has 0 aliphatic heterocycles. The van der Waals surface area contributed by atoms with E-state index in [4.69, 9.17) is 4.74 Å². The minimum Gasteiger partial charge on any atom is -0.465 e. The van der Waals surface area contributed by atoms with E-state index in [1.807, 2.05) is 12.1 Å². The monoisotopic (exact) mass is 412 g/mol. The van der Waals surface area contributed by atoms with Crippen LogP contribution in [0.4, 0.5) is 4.39 Å². The Morgan fingerprint density at radius 3 is 2.76 bits per heavy atom. The Bertz CT molecular complexity index is 1160. The van der Waals surface area contributed by atoms with E-state index < -0.39 is 17.7 Å². The maximum Gasteiger partial charge on any atom is 0.326 e. The molecule has 1 aromatic heterocycles. The predicted octanol–water partition coefficient (Wildman–Crippen LogP) is 4.02. The fraction of sp³-hybridized carbons (Fsp3) is 0.318. The van der Waals surface area contributed by atoms with Crippen LogP contribution in [-0.4, -0.2) is 23.1 Å². The Morgan fingerprint density at radius 2 is 1.97 bits per heavy atom. The SMILES string of the molecule is CCOC(=O)Cn1c(=NC(=O)c2ccc3c(c2)CCCC3)sc2cccc(F)c21. The van der Waals surface area contributed by atoms with E-state index in [1.165, 1.54) is 39.5 Å². The summed E-state index contributed by atoms with van der Waals surface area (Å²) in [6, 6.07) is 10.4. The number of carbonyl (C=O) groups is 2. The Balaban J connectivity index is 1.78. The maximum atomic E-state index is 14.5. The highest BCUT2D eigenvalue weighted by atomic mass is 32.1. The molecule has 0 N–H and O–H groups in total. The van der Waals surface area contributed by atoms with E-state index in [2.05, 4.69) is 4.99 Å². The van der Waals surface area contributed by atoms with Gasteiger partial charge in [0, 0.05) is 5.56 Å². The molecule has 1 aliphatic rings. The van der Waals surface area contributed by atoms with Crippen LogP contribution in [0.2, 0.25) is 0 Å². The number of esters is 1. The van der Waals surface area contributed by atoms with Gasteiger partial charge in [0.1, 0.15) is 12.4 Å². The zero-order valence-corrected chi connectivity index (χ0v) is 16.9. The van der Waals surface area contributed by atoms with Crippen LogP contribution in [0, 0.1) is 5.82 Å². The van der Waals surface area contributed by atoms with Gasteiger partial charge in [0.2, 0.25) is 0 Å². The van der Waals surface area contributed by atoms with E-state index in [9.17, 15) is 14.0 Å². The van der Waals surface area contributed by atoms with Crippen molar-refractivity contribution in [3.8, 4) is 0 Å². The second-order valence-corrected chi connectivity index (χ2v) is 7.98. The van der Waals surface area contributed by atoms with E-state index in [-0.39, 0.29) is 23.5 Å². The summed E-state index contributed by atoms with van der Waals surface area (Å²) >= 11 is 1.18. The molecule has 150 valence electrons. The Morgan fingerprint density at radius 1 is 1.17 bits per heavy atom. The first-order chi connectivity index (χ1) is 14.1. The summed E-state index contributed by atoms with van der Waals surface area (Å²) < 4.78 is 21.5. The first-order valence-corrected chi connectivity index (χ1v) is 10.5. The standard InChI is InChI=1S/C22H21FN2O3S/c1-2-28-19(26)13-25-20-17(23)8-5-9-18(20)29-22(25)24-21(27)16-11-10-14-6-3-4-7-15(14)12-16/h5,8-12H,2-4,6-7,13H2,1H3. The Labute approximate surface area is 171 Å². The number of nitrogens with zero attached hydrogens (tertiary/aromatic N) is 2. The largest absolute Gasteiger partial charge is 0.465 e. The summed E-state index contributed by atoms with van der Waals surface area (Å²) in [5.74, 6) is -1.37. The van der Waals surface area contributed by atoms with Crippen molar-refractivity contribution in [3.63, 3.8) is 0 Å². The molecule has 0 fully saturated rings. The predicted molar refractivity (Wildman–Crippen MR) is 109 cm³/mol. The third-order valence-electron chi connectivity index (χ3n) is 5.04. The van der Waals surface area contributed by atoms with Crippen molar-refractivity contribution in [2.24, 2.45) is 4.99 Å². The van der Waals surface area contributed by atoms with Gasteiger partial charge in [-0.25, -0.2) is 4.39 Å². The van der Waals surface area contributed by atoms with E-state index in [0.29, 0.717) is 10.3 Å². The molecular formula is C22H21FN2O3S. The van der Waals surface area contributed by atoms with Crippen molar-refractivity contribution in [3.05, 3.63) is 63.7 Å². The molecule has 0 bridgehead atoms. The number of thiazole rings is 1. The second-order valence-electron chi connectivity index (χ2n) is 6.97. The van der Waals surface area contributed by atoms with Crippen LogP contribution in [0.15, 0.2) is 41.4 Å². The van der Waals surface area contributed by atoms with Crippen LogP contribution in [0.3, 0.4) is 0 Å². The molecule has 0 unspecified atom stereocenters. The number of aryl methyl sites for hydroxylation is 2. The number of hydrogen-bond donors (Lipinski definition) is 0. The van der Waals surface area contributed by atoms with Gasteiger partial charge in [0.25, 0.3) is 5.91 Å². The molecule has 0 saturated carbocycles. The van der Waals surface area contributed by atoms with Gasteiger partial charge in [0.15, 0.2) is 4.80 Å². The third kappa shape index (κ3) is 4.00. The highest BCUT2D eigenvalue weighted by Crippen LogP contribution is 2.23. The third-order valence-corrected chi connectivity index (χ3v) is 6.08. The summed E-state index contributed by atoms with van der Waals surface area (Å²) in [5, 5.41) is 0. The second kappa shape index (κ2) is 8.29. The minimum absolute atomic E-state index is 0.203. The lowest BCUT2D eigenvalue weighted by Crippen LogP contribution is -2.23. The van der Waals surface area contributed by atoms with Gasteiger partial charge in [-0.15, -0.1) is 0 Å². The number of carbonyl (C=O) groups excluding carboxylic acids is 2. The zero-order chi connectivity index (χ0) is 20.4. The number of hydrogen-bond acceptors (Lipinski definition) is 4. The fourth-order valence-electron chi connectivity index (χ4n) is 3.67. The summed E-state index contributed by atoms with van der Waals surface area (Å²) in [5.41, 5.74) is 3.24. The van der Waals surface area contributed by atoms with Gasteiger partial charge in [-0.1, -0.05) is 23.5 Å². The smallest absolute Gasteiger partial charge is 0.326 e. The van der Waals surface area contributed by atoms with Gasteiger partial charge in [0.05, 0.1) is 16.8 Å². The van der Waals surface area contributed by atoms with Crippen molar-refractivity contribution in [1.82, 2.24) is 4.57 Å². The van der Waals surface area contributed by atoms with Gasteiger partial charge in [-0.05, 0) is 68.0 Å². The Hall–Kier alpha value is -2.80. The summed E-state index contributed by atoms with van der Waals surface area (Å²) in [7, 11) is 0. The lowest BCUT2D eigenvalue weighted by Gasteiger charge is -2.15. The molecule has 0 atom stereocenters.